The predicted octanol–water partition coefficient (Wildman–Crippen LogP) is 3.67. The van der Waals surface area contributed by atoms with Crippen LogP contribution in [-0.2, 0) is 6.18 Å². The van der Waals surface area contributed by atoms with Crippen molar-refractivity contribution in [3.8, 4) is 11.4 Å². The number of rotatable bonds is 4. The van der Waals surface area contributed by atoms with Crippen LogP contribution in [0.15, 0.2) is 55.1 Å². The second-order valence-electron chi connectivity index (χ2n) is 8.02. The molecule has 32 heavy (non-hydrogen) atoms. The van der Waals surface area contributed by atoms with E-state index < -0.39 is 11.9 Å². The van der Waals surface area contributed by atoms with Crippen LogP contribution in [-0.4, -0.2) is 49.4 Å². The molecule has 0 spiro atoms. The number of nitrogens with one attached hydrogen (secondary N) is 1. The Bertz CT molecular complexity index is 1120. The lowest BCUT2D eigenvalue weighted by Gasteiger charge is -2.34. The van der Waals surface area contributed by atoms with Crippen molar-refractivity contribution in [3.63, 3.8) is 0 Å². The SMILES string of the molecule is O=C(c1ccccc1-c1ncccn1)N1C[C@@H]2C[C@@H](Nc3cnc(C(F)(F)F)cn3)[C@@H]1C2. The van der Waals surface area contributed by atoms with Gasteiger partial charge in [0.25, 0.3) is 5.91 Å². The van der Waals surface area contributed by atoms with E-state index in [1.165, 1.54) is 0 Å². The van der Waals surface area contributed by atoms with Gasteiger partial charge in [0.2, 0.25) is 0 Å². The zero-order valence-electron chi connectivity index (χ0n) is 16.8. The maximum absolute atomic E-state index is 13.5. The third-order valence-corrected chi connectivity index (χ3v) is 5.98. The van der Waals surface area contributed by atoms with Gasteiger partial charge in [0.1, 0.15) is 5.82 Å². The molecule has 2 aromatic heterocycles. The molecule has 1 aromatic carbocycles. The Hall–Kier alpha value is -3.56. The zero-order valence-corrected chi connectivity index (χ0v) is 16.8. The number of carbonyl (C=O) groups is 1. The average Bonchev–Trinajstić information content (AvgIpc) is 3.40. The van der Waals surface area contributed by atoms with Crippen LogP contribution < -0.4 is 5.32 Å². The average molecular weight is 440 g/mol. The number of halogens is 3. The summed E-state index contributed by atoms with van der Waals surface area (Å²) in [4.78, 5) is 31.2. The van der Waals surface area contributed by atoms with Crippen LogP contribution in [0.25, 0.3) is 11.4 Å². The minimum Gasteiger partial charge on any atom is -0.364 e. The maximum Gasteiger partial charge on any atom is 0.434 e. The number of alkyl halides is 3. The predicted molar refractivity (Wildman–Crippen MR) is 109 cm³/mol. The highest BCUT2D eigenvalue weighted by atomic mass is 19.4. The van der Waals surface area contributed by atoms with Gasteiger partial charge in [0.15, 0.2) is 11.5 Å². The number of piperidine rings is 1. The van der Waals surface area contributed by atoms with Crippen molar-refractivity contribution < 1.29 is 18.0 Å². The number of amides is 1. The standard InChI is InChI=1S/C22H19F3N6O/c23-22(24,25)18-10-29-19(11-28-18)30-16-8-13-9-17(16)31(12-13)21(32)15-5-2-1-4-14(15)20-26-6-3-7-27-20/h1-7,10-11,13,16-17H,8-9,12H2,(H,29,30)/t13-,16-,17+/m1/s1. The van der Waals surface area contributed by atoms with Crippen LogP contribution in [0.2, 0.25) is 0 Å². The van der Waals surface area contributed by atoms with Gasteiger partial charge in [0.05, 0.1) is 24.0 Å². The molecule has 1 saturated heterocycles. The van der Waals surface area contributed by atoms with Gasteiger partial charge in [-0.15, -0.1) is 0 Å². The van der Waals surface area contributed by atoms with Crippen LogP contribution >= 0.6 is 0 Å². The minimum absolute atomic E-state index is 0.0821. The van der Waals surface area contributed by atoms with E-state index in [4.69, 9.17) is 0 Å². The highest BCUT2D eigenvalue weighted by Gasteiger charge is 2.47. The molecule has 2 fully saturated rings. The van der Waals surface area contributed by atoms with E-state index >= 15 is 0 Å². The Morgan fingerprint density at radius 1 is 1.00 bits per heavy atom. The van der Waals surface area contributed by atoms with E-state index in [2.05, 4.69) is 25.3 Å². The van der Waals surface area contributed by atoms with Gasteiger partial charge in [-0.1, -0.05) is 18.2 Å². The Labute approximate surface area is 181 Å². The minimum atomic E-state index is -4.53. The van der Waals surface area contributed by atoms with E-state index in [9.17, 15) is 18.0 Å². The zero-order chi connectivity index (χ0) is 22.3. The van der Waals surface area contributed by atoms with Gasteiger partial charge in [-0.05, 0) is 30.9 Å². The molecule has 1 aliphatic heterocycles. The summed E-state index contributed by atoms with van der Waals surface area (Å²) in [5.41, 5.74) is 0.158. The maximum atomic E-state index is 13.5. The second-order valence-corrected chi connectivity index (χ2v) is 8.02. The first-order valence-corrected chi connectivity index (χ1v) is 10.2. The summed E-state index contributed by atoms with van der Waals surface area (Å²) in [5.74, 6) is 0.964. The fraction of sp³-hybridized carbons (Fsp3) is 0.318. The van der Waals surface area contributed by atoms with Crippen LogP contribution in [0.5, 0.6) is 0 Å². The van der Waals surface area contributed by atoms with Crippen molar-refractivity contribution in [1.82, 2.24) is 24.8 Å². The van der Waals surface area contributed by atoms with Gasteiger partial charge >= 0.3 is 6.18 Å². The smallest absolute Gasteiger partial charge is 0.364 e. The lowest BCUT2D eigenvalue weighted by atomic mass is 10.0. The van der Waals surface area contributed by atoms with Crippen molar-refractivity contribution >= 4 is 11.7 Å². The van der Waals surface area contributed by atoms with Crippen molar-refractivity contribution in [2.24, 2.45) is 5.92 Å². The van der Waals surface area contributed by atoms with E-state index in [1.54, 1.807) is 24.5 Å². The Morgan fingerprint density at radius 2 is 1.78 bits per heavy atom. The Morgan fingerprint density at radius 3 is 2.47 bits per heavy atom. The third kappa shape index (κ3) is 3.76. The van der Waals surface area contributed by atoms with Crippen molar-refractivity contribution in [2.75, 3.05) is 11.9 Å². The summed E-state index contributed by atoms with van der Waals surface area (Å²) < 4.78 is 38.2. The number of benzene rings is 1. The lowest BCUT2D eigenvalue weighted by molar-refractivity contribution is -0.141. The van der Waals surface area contributed by atoms with Gasteiger partial charge in [-0.3, -0.25) is 4.79 Å². The van der Waals surface area contributed by atoms with Crippen LogP contribution in [0.4, 0.5) is 19.0 Å². The molecule has 1 aliphatic carbocycles. The lowest BCUT2D eigenvalue weighted by Crippen LogP contribution is -2.47. The Balaban J connectivity index is 1.35. The number of likely N-dealkylation sites (tertiary alicyclic amines) is 1. The molecule has 7 nitrogen and oxygen atoms in total. The van der Waals surface area contributed by atoms with E-state index in [0.29, 0.717) is 35.6 Å². The number of hydrogen-bond donors (Lipinski definition) is 1. The molecule has 2 aliphatic rings. The fourth-order valence-electron chi connectivity index (χ4n) is 4.61. The summed E-state index contributed by atoms with van der Waals surface area (Å²) in [6, 6.07) is 8.76. The molecule has 1 saturated carbocycles. The van der Waals surface area contributed by atoms with Crippen molar-refractivity contribution in [1.29, 1.82) is 0 Å². The van der Waals surface area contributed by atoms with Crippen molar-refractivity contribution in [2.45, 2.75) is 31.1 Å². The number of fused-ring (bicyclic) bond motifs is 2. The number of nitrogens with zero attached hydrogens (tertiary/aromatic N) is 5. The topological polar surface area (TPSA) is 83.9 Å². The largest absolute Gasteiger partial charge is 0.434 e. The second kappa shape index (κ2) is 7.85. The van der Waals surface area contributed by atoms with Crippen LogP contribution in [0, 0.1) is 5.92 Å². The van der Waals surface area contributed by atoms with Gasteiger partial charge in [0, 0.05) is 30.5 Å². The molecule has 2 bridgehead atoms. The first-order chi connectivity index (χ1) is 15.4. The summed E-state index contributed by atoms with van der Waals surface area (Å²) in [6.45, 7) is 0.643. The first-order valence-electron chi connectivity index (χ1n) is 10.2. The van der Waals surface area contributed by atoms with Crippen LogP contribution in [0.1, 0.15) is 28.9 Å². The quantitative estimate of drug-likeness (QED) is 0.667. The number of anilines is 1. The van der Waals surface area contributed by atoms with Gasteiger partial charge in [-0.25, -0.2) is 19.9 Å². The number of hydrogen-bond acceptors (Lipinski definition) is 6. The molecule has 10 heteroatoms. The summed E-state index contributed by atoms with van der Waals surface area (Å²) in [5, 5.41) is 3.17. The molecular weight excluding hydrogens is 421 g/mol. The number of aromatic nitrogens is 4. The van der Waals surface area contributed by atoms with Gasteiger partial charge in [-0.2, -0.15) is 13.2 Å². The van der Waals surface area contributed by atoms with Crippen LogP contribution in [0.3, 0.4) is 0 Å². The van der Waals surface area contributed by atoms with Crippen molar-refractivity contribution in [3.05, 3.63) is 66.4 Å². The molecule has 164 valence electrons. The molecule has 1 amide bonds. The summed E-state index contributed by atoms with van der Waals surface area (Å²) in [6.07, 6.45) is 2.19. The molecule has 3 heterocycles. The molecule has 5 rings (SSSR count). The normalized spacial score (nSPS) is 22.2. The fourth-order valence-corrected chi connectivity index (χ4v) is 4.61. The highest BCUT2D eigenvalue weighted by molar-refractivity contribution is 6.00. The third-order valence-electron chi connectivity index (χ3n) is 5.98. The van der Waals surface area contributed by atoms with E-state index in [1.807, 2.05) is 23.1 Å². The Kier molecular flexibility index (Phi) is 4.99. The summed E-state index contributed by atoms with van der Waals surface area (Å²) in [7, 11) is 0. The first kappa shape index (κ1) is 20.3. The molecule has 3 aromatic rings. The molecule has 1 N–H and O–H groups in total. The molecule has 0 radical (unpaired) electrons. The number of carbonyl (C=O) groups excluding carboxylic acids is 1. The monoisotopic (exact) mass is 440 g/mol. The molecule has 3 atom stereocenters. The van der Waals surface area contributed by atoms with E-state index in [0.717, 1.165) is 19.0 Å². The van der Waals surface area contributed by atoms with Gasteiger partial charge < -0.3 is 10.2 Å². The highest BCUT2D eigenvalue weighted by Crippen LogP contribution is 2.40. The molecule has 0 unspecified atom stereocenters. The summed E-state index contributed by atoms with van der Waals surface area (Å²) >= 11 is 0. The molecular formula is C22H19F3N6O. The van der Waals surface area contributed by atoms with E-state index in [-0.39, 0.29) is 23.8 Å².